The SMILES string of the molecule is CCOc1ccc([C@H]2CCCN2C(=O)c2ccc(-n3nccc3C)cc2)cc1. The molecule has 5 nitrogen and oxygen atoms in total. The summed E-state index contributed by atoms with van der Waals surface area (Å²) < 4.78 is 7.40. The van der Waals surface area contributed by atoms with Gasteiger partial charge in [-0.1, -0.05) is 12.1 Å². The summed E-state index contributed by atoms with van der Waals surface area (Å²) in [7, 11) is 0. The number of carbonyl (C=O) groups is 1. The minimum atomic E-state index is 0.0834. The zero-order chi connectivity index (χ0) is 19.5. The van der Waals surface area contributed by atoms with Gasteiger partial charge in [0, 0.05) is 24.0 Å². The molecule has 2 aromatic carbocycles. The van der Waals surface area contributed by atoms with Crippen molar-refractivity contribution in [3.05, 3.63) is 77.6 Å². The Morgan fingerprint density at radius 2 is 1.86 bits per heavy atom. The van der Waals surface area contributed by atoms with E-state index in [0.717, 1.165) is 42.1 Å². The second-order valence-corrected chi connectivity index (χ2v) is 7.09. The van der Waals surface area contributed by atoms with Crippen molar-refractivity contribution in [3.63, 3.8) is 0 Å². The van der Waals surface area contributed by atoms with Gasteiger partial charge in [0.25, 0.3) is 5.91 Å². The molecule has 1 saturated heterocycles. The van der Waals surface area contributed by atoms with Crippen molar-refractivity contribution in [3.8, 4) is 11.4 Å². The van der Waals surface area contributed by atoms with Gasteiger partial charge in [-0.15, -0.1) is 0 Å². The Kier molecular flexibility index (Phi) is 5.15. The molecule has 0 saturated carbocycles. The summed E-state index contributed by atoms with van der Waals surface area (Å²) in [6.45, 7) is 5.43. The first kappa shape index (κ1) is 18.3. The van der Waals surface area contributed by atoms with Crippen LogP contribution in [0.4, 0.5) is 0 Å². The molecule has 1 aromatic heterocycles. The average Bonchev–Trinajstić information content (AvgIpc) is 3.38. The minimum Gasteiger partial charge on any atom is -0.494 e. The van der Waals surface area contributed by atoms with Crippen LogP contribution in [0.5, 0.6) is 5.75 Å². The molecule has 28 heavy (non-hydrogen) atoms. The van der Waals surface area contributed by atoms with Crippen LogP contribution in [0.25, 0.3) is 5.69 Å². The van der Waals surface area contributed by atoms with Crippen LogP contribution in [0.1, 0.15) is 47.4 Å². The summed E-state index contributed by atoms with van der Waals surface area (Å²) in [5.74, 6) is 0.951. The Bertz CT molecular complexity index is 945. The number of nitrogens with zero attached hydrogens (tertiary/aromatic N) is 3. The van der Waals surface area contributed by atoms with E-state index in [1.807, 2.05) is 65.9 Å². The highest BCUT2D eigenvalue weighted by Gasteiger charge is 2.30. The van der Waals surface area contributed by atoms with E-state index in [9.17, 15) is 4.79 Å². The zero-order valence-corrected chi connectivity index (χ0v) is 16.3. The molecule has 5 heteroatoms. The van der Waals surface area contributed by atoms with Crippen molar-refractivity contribution in [2.45, 2.75) is 32.7 Å². The van der Waals surface area contributed by atoms with E-state index in [2.05, 4.69) is 17.2 Å². The molecular weight excluding hydrogens is 350 g/mol. The third-order valence-corrected chi connectivity index (χ3v) is 5.28. The zero-order valence-electron chi connectivity index (χ0n) is 16.3. The smallest absolute Gasteiger partial charge is 0.254 e. The number of rotatable bonds is 5. The summed E-state index contributed by atoms with van der Waals surface area (Å²) in [4.78, 5) is 15.1. The summed E-state index contributed by atoms with van der Waals surface area (Å²) >= 11 is 0. The van der Waals surface area contributed by atoms with Gasteiger partial charge in [-0.3, -0.25) is 4.79 Å². The molecule has 0 spiro atoms. The lowest BCUT2D eigenvalue weighted by atomic mass is 10.0. The van der Waals surface area contributed by atoms with Crippen LogP contribution >= 0.6 is 0 Å². The van der Waals surface area contributed by atoms with Crippen molar-refractivity contribution in [2.24, 2.45) is 0 Å². The molecule has 0 N–H and O–H groups in total. The van der Waals surface area contributed by atoms with E-state index in [-0.39, 0.29) is 11.9 Å². The normalized spacial score (nSPS) is 16.4. The van der Waals surface area contributed by atoms with Crippen LogP contribution in [0, 0.1) is 6.92 Å². The Labute approximate surface area is 165 Å². The van der Waals surface area contributed by atoms with E-state index >= 15 is 0 Å². The van der Waals surface area contributed by atoms with E-state index < -0.39 is 0 Å². The lowest BCUT2D eigenvalue weighted by Crippen LogP contribution is -2.30. The molecule has 0 radical (unpaired) electrons. The van der Waals surface area contributed by atoms with E-state index in [4.69, 9.17) is 4.74 Å². The predicted octanol–water partition coefficient (Wildman–Crippen LogP) is 4.56. The fourth-order valence-corrected chi connectivity index (χ4v) is 3.86. The molecule has 2 heterocycles. The van der Waals surface area contributed by atoms with Crippen LogP contribution < -0.4 is 4.74 Å². The highest BCUT2D eigenvalue weighted by molar-refractivity contribution is 5.94. The average molecular weight is 375 g/mol. The first-order valence-electron chi connectivity index (χ1n) is 9.82. The van der Waals surface area contributed by atoms with Crippen LogP contribution in [-0.2, 0) is 0 Å². The maximum absolute atomic E-state index is 13.1. The first-order chi connectivity index (χ1) is 13.7. The fraction of sp³-hybridized carbons (Fsp3) is 0.304. The molecular formula is C23H25N3O2. The molecule has 3 aromatic rings. The molecule has 0 bridgehead atoms. The lowest BCUT2D eigenvalue weighted by Gasteiger charge is -2.25. The number of hydrogen-bond acceptors (Lipinski definition) is 3. The second-order valence-electron chi connectivity index (χ2n) is 7.09. The predicted molar refractivity (Wildman–Crippen MR) is 109 cm³/mol. The quantitative estimate of drug-likeness (QED) is 0.657. The highest BCUT2D eigenvalue weighted by atomic mass is 16.5. The second kappa shape index (κ2) is 7.89. The van der Waals surface area contributed by atoms with Gasteiger partial charge in [0.1, 0.15) is 5.75 Å². The number of aryl methyl sites for hydroxylation is 1. The molecule has 0 aliphatic carbocycles. The Hall–Kier alpha value is -3.08. The van der Waals surface area contributed by atoms with Gasteiger partial charge in [-0.05, 0) is 74.7 Å². The van der Waals surface area contributed by atoms with Gasteiger partial charge in [0.15, 0.2) is 0 Å². The van der Waals surface area contributed by atoms with Gasteiger partial charge in [0.05, 0.1) is 18.3 Å². The standard InChI is InChI=1S/C23H25N3O2/c1-3-28-21-12-8-18(9-13-21)22-5-4-16-25(22)23(27)19-6-10-20(11-7-19)26-17(2)14-15-24-26/h6-15,22H,3-5,16H2,1-2H3/t22-/m1/s1. The van der Waals surface area contributed by atoms with Crippen molar-refractivity contribution in [2.75, 3.05) is 13.2 Å². The molecule has 1 aliphatic heterocycles. The number of hydrogen-bond donors (Lipinski definition) is 0. The van der Waals surface area contributed by atoms with Gasteiger partial charge in [0.2, 0.25) is 0 Å². The van der Waals surface area contributed by atoms with Gasteiger partial charge >= 0.3 is 0 Å². The third kappa shape index (κ3) is 3.52. The first-order valence-corrected chi connectivity index (χ1v) is 9.82. The number of aromatic nitrogens is 2. The molecule has 0 unspecified atom stereocenters. The summed E-state index contributed by atoms with van der Waals surface area (Å²) in [5.41, 5.74) is 3.90. The van der Waals surface area contributed by atoms with Gasteiger partial charge < -0.3 is 9.64 Å². The molecule has 144 valence electrons. The number of carbonyl (C=O) groups excluding carboxylic acids is 1. The summed E-state index contributed by atoms with van der Waals surface area (Å²) in [6.07, 6.45) is 3.79. The van der Waals surface area contributed by atoms with Crippen LogP contribution in [-0.4, -0.2) is 33.7 Å². The number of benzene rings is 2. The lowest BCUT2D eigenvalue weighted by molar-refractivity contribution is 0.0735. The van der Waals surface area contributed by atoms with Crippen molar-refractivity contribution < 1.29 is 9.53 Å². The maximum atomic E-state index is 13.1. The molecule has 4 rings (SSSR count). The Morgan fingerprint density at radius 3 is 2.50 bits per heavy atom. The molecule has 1 atom stereocenters. The molecule has 1 aliphatic rings. The van der Waals surface area contributed by atoms with Crippen molar-refractivity contribution >= 4 is 5.91 Å². The molecule has 1 fully saturated rings. The van der Waals surface area contributed by atoms with Crippen molar-refractivity contribution in [1.29, 1.82) is 0 Å². The topological polar surface area (TPSA) is 47.4 Å². The largest absolute Gasteiger partial charge is 0.494 e. The number of amides is 1. The minimum absolute atomic E-state index is 0.0834. The third-order valence-electron chi connectivity index (χ3n) is 5.28. The van der Waals surface area contributed by atoms with Crippen molar-refractivity contribution in [1.82, 2.24) is 14.7 Å². The van der Waals surface area contributed by atoms with E-state index in [1.54, 1.807) is 6.20 Å². The Morgan fingerprint density at radius 1 is 1.11 bits per heavy atom. The van der Waals surface area contributed by atoms with E-state index in [1.165, 1.54) is 0 Å². The van der Waals surface area contributed by atoms with Gasteiger partial charge in [-0.2, -0.15) is 5.10 Å². The van der Waals surface area contributed by atoms with Gasteiger partial charge in [-0.25, -0.2) is 4.68 Å². The number of ether oxygens (including phenoxy) is 1. The summed E-state index contributed by atoms with van der Waals surface area (Å²) in [6, 6.07) is 17.9. The monoisotopic (exact) mass is 375 g/mol. The van der Waals surface area contributed by atoms with Crippen LogP contribution in [0.3, 0.4) is 0 Å². The summed E-state index contributed by atoms with van der Waals surface area (Å²) in [5, 5.41) is 4.32. The highest BCUT2D eigenvalue weighted by Crippen LogP contribution is 2.34. The van der Waals surface area contributed by atoms with Crippen LogP contribution in [0.15, 0.2) is 60.8 Å². The Balaban J connectivity index is 1.52. The van der Waals surface area contributed by atoms with Crippen LogP contribution in [0.2, 0.25) is 0 Å². The fourth-order valence-electron chi connectivity index (χ4n) is 3.86. The maximum Gasteiger partial charge on any atom is 0.254 e. The van der Waals surface area contributed by atoms with E-state index in [0.29, 0.717) is 12.2 Å². The molecule has 1 amide bonds. The number of likely N-dealkylation sites (tertiary alicyclic amines) is 1.